The van der Waals surface area contributed by atoms with Crippen LogP contribution in [0.2, 0.25) is 5.02 Å². The second kappa shape index (κ2) is 6.25. The highest BCUT2D eigenvalue weighted by molar-refractivity contribution is 6.30. The Hall–Kier alpha value is -2.81. The van der Waals surface area contributed by atoms with Crippen molar-refractivity contribution >= 4 is 11.6 Å². The van der Waals surface area contributed by atoms with E-state index in [9.17, 15) is 23.1 Å². The molecule has 0 saturated carbocycles. The predicted octanol–water partition coefficient (Wildman–Crippen LogP) is 2.27. The summed E-state index contributed by atoms with van der Waals surface area (Å²) in [5.41, 5.74) is -0.778. The number of aromatic nitrogens is 4. The Morgan fingerprint density at radius 2 is 1.88 bits per heavy atom. The highest BCUT2D eigenvalue weighted by atomic mass is 35.5. The van der Waals surface area contributed by atoms with E-state index in [1.165, 1.54) is 30.3 Å². The number of phenols is 1. The number of rotatable bonds is 3. The van der Waals surface area contributed by atoms with E-state index < -0.39 is 17.4 Å². The number of tetrazole rings is 1. The van der Waals surface area contributed by atoms with Crippen molar-refractivity contribution in [1.82, 2.24) is 15.0 Å². The van der Waals surface area contributed by atoms with Crippen molar-refractivity contribution in [2.45, 2.75) is 12.7 Å². The molecule has 0 spiro atoms. The normalized spacial score (nSPS) is 11.7. The molecule has 0 unspecified atom stereocenters. The molecule has 0 aliphatic rings. The van der Waals surface area contributed by atoms with Crippen LogP contribution in [0.3, 0.4) is 0 Å². The molecule has 1 aromatic heterocycles. The van der Waals surface area contributed by atoms with E-state index >= 15 is 0 Å². The lowest BCUT2D eigenvalue weighted by Gasteiger charge is -2.08. The molecule has 130 valence electrons. The molecule has 10 heteroatoms. The van der Waals surface area contributed by atoms with Gasteiger partial charge in [0.15, 0.2) is 5.75 Å². The monoisotopic (exact) mass is 371 g/mol. The number of alkyl halides is 3. The number of aromatic hydroxyl groups is 1. The lowest BCUT2D eigenvalue weighted by atomic mass is 10.1. The Morgan fingerprint density at radius 3 is 2.52 bits per heavy atom. The van der Waals surface area contributed by atoms with Gasteiger partial charge in [0.1, 0.15) is 5.21 Å². The van der Waals surface area contributed by atoms with Crippen LogP contribution in [0.4, 0.5) is 13.2 Å². The van der Waals surface area contributed by atoms with Crippen molar-refractivity contribution in [3.8, 4) is 11.4 Å². The minimum Gasteiger partial charge on any atom is -0.504 e. The number of nitrogens with one attached hydrogen (secondary N) is 1. The predicted molar refractivity (Wildman–Crippen MR) is 81.6 cm³/mol. The van der Waals surface area contributed by atoms with E-state index in [0.717, 1.165) is 21.6 Å². The third-order valence-electron chi connectivity index (χ3n) is 3.47. The summed E-state index contributed by atoms with van der Waals surface area (Å²) in [6.45, 7) is -0.0561. The molecule has 2 N–H and O–H groups in total. The van der Waals surface area contributed by atoms with Crippen molar-refractivity contribution < 1.29 is 23.1 Å². The van der Waals surface area contributed by atoms with Gasteiger partial charge in [-0.3, -0.25) is 0 Å². The number of H-pyrrole nitrogens is 1. The van der Waals surface area contributed by atoms with E-state index in [1.54, 1.807) is 0 Å². The zero-order chi connectivity index (χ0) is 18.2. The van der Waals surface area contributed by atoms with Gasteiger partial charge in [0.25, 0.3) is 0 Å². The third kappa shape index (κ3) is 3.50. The quantitative estimate of drug-likeness (QED) is 0.694. The summed E-state index contributed by atoms with van der Waals surface area (Å²) in [7, 11) is 0. The lowest BCUT2D eigenvalue weighted by molar-refractivity contribution is -0.743. The average molecular weight is 372 g/mol. The zero-order valence-corrected chi connectivity index (χ0v) is 13.2. The summed E-state index contributed by atoms with van der Waals surface area (Å²) in [4.78, 5) is 13.1. The number of hydrogen-bond donors (Lipinski definition) is 2. The van der Waals surface area contributed by atoms with Crippen LogP contribution >= 0.6 is 11.6 Å². The van der Waals surface area contributed by atoms with Gasteiger partial charge in [0.2, 0.25) is 5.69 Å². The van der Waals surface area contributed by atoms with E-state index in [4.69, 9.17) is 11.6 Å². The van der Waals surface area contributed by atoms with Gasteiger partial charge in [-0.15, -0.1) is 4.68 Å². The molecule has 3 rings (SSSR count). The van der Waals surface area contributed by atoms with Gasteiger partial charge in [-0.05, 0) is 34.6 Å². The number of benzene rings is 2. The van der Waals surface area contributed by atoms with E-state index in [0.29, 0.717) is 10.6 Å². The van der Waals surface area contributed by atoms with Gasteiger partial charge in [-0.25, -0.2) is 4.79 Å². The van der Waals surface area contributed by atoms with Crippen molar-refractivity contribution in [3.63, 3.8) is 0 Å². The molecule has 6 nitrogen and oxygen atoms in total. The summed E-state index contributed by atoms with van der Waals surface area (Å²) >= 11 is 5.89. The largest absolute Gasteiger partial charge is 0.504 e. The van der Waals surface area contributed by atoms with Crippen LogP contribution in [-0.2, 0) is 12.7 Å². The van der Waals surface area contributed by atoms with Gasteiger partial charge in [-0.1, -0.05) is 28.8 Å². The van der Waals surface area contributed by atoms with Crippen molar-refractivity contribution in [1.29, 1.82) is 0 Å². The molecular formula is C15H11ClF3N4O2+. The van der Waals surface area contributed by atoms with Gasteiger partial charge >= 0.3 is 11.9 Å². The minimum atomic E-state index is -4.43. The summed E-state index contributed by atoms with van der Waals surface area (Å²) < 4.78 is 39.0. The molecule has 0 amide bonds. The molecule has 0 bridgehead atoms. The molecule has 0 aliphatic heterocycles. The molecule has 25 heavy (non-hydrogen) atoms. The van der Waals surface area contributed by atoms with Crippen LogP contribution in [-0.4, -0.2) is 20.1 Å². The fourth-order valence-electron chi connectivity index (χ4n) is 2.24. The van der Waals surface area contributed by atoms with Crippen LogP contribution in [0.1, 0.15) is 11.1 Å². The van der Waals surface area contributed by atoms with Crippen LogP contribution in [0, 0.1) is 0 Å². The van der Waals surface area contributed by atoms with Gasteiger partial charge in [-0.2, -0.15) is 13.2 Å². The maximum atomic E-state index is 12.6. The van der Waals surface area contributed by atoms with Gasteiger partial charge in [0.05, 0.1) is 12.1 Å². The Kier molecular flexibility index (Phi) is 4.25. The van der Waals surface area contributed by atoms with Gasteiger partial charge in [0, 0.05) is 11.1 Å². The highest BCUT2D eigenvalue weighted by Gasteiger charge is 2.30. The maximum absolute atomic E-state index is 12.6. The molecule has 0 aliphatic carbocycles. The van der Waals surface area contributed by atoms with Crippen LogP contribution in [0.5, 0.6) is 5.75 Å². The maximum Gasteiger partial charge on any atom is 0.466 e. The Balaban J connectivity index is 1.98. The first-order valence-electron chi connectivity index (χ1n) is 6.98. The number of hydrogen-bond acceptors (Lipinski definition) is 3. The summed E-state index contributed by atoms with van der Waals surface area (Å²) in [6.07, 6.45) is -4.43. The Morgan fingerprint density at radius 1 is 1.20 bits per heavy atom. The topological polar surface area (TPSA) is 74.8 Å². The molecule has 2 aromatic carbocycles. The number of aromatic amines is 1. The molecule has 0 saturated heterocycles. The summed E-state index contributed by atoms with van der Waals surface area (Å²) in [6, 6.07) is 8.61. The summed E-state index contributed by atoms with van der Waals surface area (Å²) in [5.74, 6) is -0.165. The first-order valence-corrected chi connectivity index (χ1v) is 7.36. The molecule has 0 fully saturated rings. The molecule has 1 heterocycles. The fourth-order valence-corrected chi connectivity index (χ4v) is 2.41. The molecule has 0 atom stereocenters. The van der Waals surface area contributed by atoms with E-state index in [1.807, 2.05) is 0 Å². The average Bonchev–Trinajstić information content (AvgIpc) is 2.90. The smallest absolute Gasteiger partial charge is 0.466 e. The molecular weight excluding hydrogens is 361 g/mol. The second-order valence-corrected chi connectivity index (χ2v) is 5.63. The van der Waals surface area contributed by atoms with E-state index in [2.05, 4.69) is 10.3 Å². The standard InChI is InChI=1S/C15H10ClF3N4O2/c16-11-5-6-13(24)12(7-11)23-21-20-14(25)22(23)8-9-1-3-10(4-2-9)15(17,18)19/h1-7,24H,8H2/p+1. The van der Waals surface area contributed by atoms with Crippen molar-refractivity contribution in [2.75, 3.05) is 0 Å². The summed E-state index contributed by atoms with van der Waals surface area (Å²) in [5, 5.41) is 16.3. The van der Waals surface area contributed by atoms with Crippen molar-refractivity contribution in [3.05, 3.63) is 69.1 Å². The number of phenolic OH excluding ortho intramolecular Hbond substituents is 1. The minimum absolute atomic E-state index is 0.0561. The second-order valence-electron chi connectivity index (χ2n) is 5.19. The van der Waals surface area contributed by atoms with Gasteiger partial charge < -0.3 is 5.11 Å². The van der Waals surface area contributed by atoms with Crippen LogP contribution < -0.4 is 10.5 Å². The van der Waals surface area contributed by atoms with Crippen molar-refractivity contribution in [2.24, 2.45) is 0 Å². The molecule has 3 aromatic rings. The number of halogens is 4. The highest BCUT2D eigenvalue weighted by Crippen LogP contribution is 2.29. The zero-order valence-electron chi connectivity index (χ0n) is 12.5. The lowest BCUT2D eigenvalue weighted by Crippen LogP contribution is -2.47. The number of nitrogens with zero attached hydrogens (tertiary/aromatic N) is 3. The third-order valence-corrected chi connectivity index (χ3v) is 3.71. The SMILES string of the molecule is O=c1[nH]n[n+](-c2cc(Cl)ccc2O)n1Cc1ccc(C(F)(F)F)cc1. The van der Waals surface area contributed by atoms with Crippen LogP contribution in [0.15, 0.2) is 47.3 Å². The molecule has 0 radical (unpaired) electrons. The Bertz CT molecular complexity index is 964. The van der Waals surface area contributed by atoms with E-state index in [-0.39, 0.29) is 18.0 Å². The Labute approximate surface area is 143 Å². The van der Waals surface area contributed by atoms with Crippen LogP contribution in [0.25, 0.3) is 5.69 Å². The fraction of sp³-hybridized carbons (Fsp3) is 0.133. The first-order chi connectivity index (χ1) is 11.8. The first kappa shape index (κ1) is 17.0.